The van der Waals surface area contributed by atoms with Crippen LogP contribution in [0.15, 0.2) is 28.7 Å². The van der Waals surface area contributed by atoms with Crippen molar-refractivity contribution in [1.82, 2.24) is 4.98 Å². The van der Waals surface area contributed by atoms with Gasteiger partial charge >= 0.3 is 0 Å². The van der Waals surface area contributed by atoms with Gasteiger partial charge in [0.05, 0.1) is 6.61 Å². The maximum absolute atomic E-state index is 6.16. The summed E-state index contributed by atoms with van der Waals surface area (Å²) in [7, 11) is 0. The summed E-state index contributed by atoms with van der Waals surface area (Å²) in [5, 5.41) is 0. The zero-order valence-corrected chi connectivity index (χ0v) is 8.27. The Balaban J connectivity index is 2.11. The van der Waals surface area contributed by atoms with Crippen LogP contribution in [0.5, 0.6) is 0 Å². The first-order valence-electron chi connectivity index (χ1n) is 5.01. The topological polar surface area (TPSA) is 61.3 Å². The molecule has 1 unspecified atom stereocenters. The first kappa shape index (κ1) is 8.88. The van der Waals surface area contributed by atoms with Crippen LogP contribution in [0.4, 0.5) is 0 Å². The van der Waals surface area contributed by atoms with Crippen LogP contribution in [-0.2, 0) is 10.3 Å². The molecule has 2 heterocycles. The van der Waals surface area contributed by atoms with Gasteiger partial charge in [0.25, 0.3) is 0 Å². The molecule has 1 aliphatic rings. The van der Waals surface area contributed by atoms with E-state index >= 15 is 0 Å². The second-order valence-corrected chi connectivity index (χ2v) is 3.95. The average molecular weight is 204 g/mol. The van der Waals surface area contributed by atoms with Crippen LogP contribution in [0.25, 0.3) is 11.1 Å². The maximum Gasteiger partial charge on any atom is 0.218 e. The standard InChI is InChI=1S/C11H12N2O2/c12-11(5-6-14-7-11)10-13-8-3-1-2-4-9(8)15-10/h1-4H,5-7,12H2. The molecule has 4 heteroatoms. The molecule has 1 aromatic carbocycles. The highest BCUT2D eigenvalue weighted by Crippen LogP contribution is 2.29. The summed E-state index contributed by atoms with van der Waals surface area (Å²) in [6.07, 6.45) is 0.764. The number of hydrogen-bond acceptors (Lipinski definition) is 4. The van der Waals surface area contributed by atoms with Crippen molar-refractivity contribution in [2.75, 3.05) is 13.2 Å². The monoisotopic (exact) mass is 204 g/mol. The zero-order valence-electron chi connectivity index (χ0n) is 8.27. The van der Waals surface area contributed by atoms with Crippen molar-refractivity contribution >= 4 is 11.1 Å². The molecule has 3 rings (SSSR count). The highest BCUT2D eigenvalue weighted by molar-refractivity contribution is 5.72. The molecule has 0 bridgehead atoms. The predicted molar refractivity (Wildman–Crippen MR) is 55.3 cm³/mol. The Morgan fingerprint density at radius 3 is 2.93 bits per heavy atom. The van der Waals surface area contributed by atoms with Crippen LogP contribution in [-0.4, -0.2) is 18.2 Å². The van der Waals surface area contributed by atoms with Gasteiger partial charge in [0.2, 0.25) is 5.89 Å². The fourth-order valence-corrected chi connectivity index (χ4v) is 1.83. The number of fused-ring (bicyclic) bond motifs is 1. The predicted octanol–water partition coefficient (Wildman–Crippen LogP) is 1.40. The summed E-state index contributed by atoms with van der Waals surface area (Å²) in [5.41, 5.74) is 7.25. The van der Waals surface area contributed by atoms with Crippen molar-refractivity contribution in [3.63, 3.8) is 0 Å². The average Bonchev–Trinajstić information content (AvgIpc) is 2.84. The Morgan fingerprint density at radius 2 is 2.20 bits per heavy atom. The molecule has 78 valence electrons. The molecule has 1 fully saturated rings. The van der Waals surface area contributed by atoms with Crippen LogP contribution in [0, 0.1) is 0 Å². The van der Waals surface area contributed by atoms with Gasteiger partial charge in [-0.15, -0.1) is 0 Å². The number of rotatable bonds is 1. The van der Waals surface area contributed by atoms with Gasteiger partial charge in [-0.05, 0) is 18.6 Å². The molecule has 2 aromatic rings. The van der Waals surface area contributed by atoms with Crippen molar-refractivity contribution in [1.29, 1.82) is 0 Å². The Morgan fingerprint density at radius 1 is 1.33 bits per heavy atom. The van der Waals surface area contributed by atoms with E-state index in [0.717, 1.165) is 17.5 Å². The molecule has 15 heavy (non-hydrogen) atoms. The summed E-state index contributed by atoms with van der Waals surface area (Å²) in [4.78, 5) is 4.39. The first-order valence-corrected chi connectivity index (χ1v) is 5.01. The quantitative estimate of drug-likeness (QED) is 0.762. The van der Waals surface area contributed by atoms with Crippen molar-refractivity contribution < 1.29 is 9.15 Å². The molecule has 0 saturated carbocycles. The molecule has 4 nitrogen and oxygen atoms in total. The van der Waals surface area contributed by atoms with Gasteiger partial charge < -0.3 is 14.9 Å². The van der Waals surface area contributed by atoms with Crippen LogP contribution in [0.2, 0.25) is 0 Å². The van der Waals surface area contributed by atoms with Gasteiger partial charge in [-0.25, -0.2) is 4.98 Å². The molecule has 1 aromatic heterocycles. The molecular formula is C11H12N2O2. The van der Waals surface area contributed by atoms with E-state index in [0.29, 0.717) is 19.1 Å². The smallest absolute Gasteiger partial charge is 0.218 e. The van der Waals surface area contributed by atoms with Crippen LogP contribution in [0.1, 0.15) is 12.3 Å². The molecule has 1 aliphatic heterocycles. The van der Waals surface area contributed by atoms with Crippen molar-refractivity contribution in [3.8, 4) is 0 Å². The molecule has 1 atom stereocenters. The molecule has 0 amide bonds. The summed E-state index contributed by atoms with van der Waals surface area (Å²) in [6.45, 7) is 1.16. The Hall–Kier alpha value is -1.39. The molecular weight excluding hydrogens is 192 g/mol. The number of para-hydroxylation sites is 2. The Labute approximate surface area is 87.0 Å². The van der Waals surface area contributed by atoms with E-state index in [4.69, 9.17) is 14.9 Å². The van der Waals surface area contributed by atoms with Crippen LogP contribution in [0.3, 0.4) is 0 Å². The summed E-state index contributed by atoms with van der Waals surface area (Å²) in [5.74, 6) is 0.584. The van der Waals surface area contributed by atoms with E-state index in [1.807, 2.05) is 24.3 Å². The molecule has 0 aliphatic carbocycles. The lowest BCUT2D eigenvalue weighted by Gasteiger charge is -2.16. The molecule has 2 N–H and O–H groups in total. The highest BCUT2D eigenvalue weighted by Gasteiger charge is 2.37. The fourth-order valence-electron chi connectivity index (χ4n) is 1.83. The van der Waals surface area contributed by atoms with E-state index in [1.54, 1.807) is 0 Å². The first-order chi connectivity index (χ1) is 7.28. The minimum absolute atomic E-state index is 0.486. The summed E-state index contributed by atoms with van der Waals surface area (Å²) >= 11 is 0. The largest absolute Gasteiger partial charge is 0.439 e. The van der Waals surface area contributed by atoms with Crippen molar-refractivity contribution in [3.05, 3.63) is 30.2 Å². The van der Waals surface area contributed by atoms with Gasteiger partial charge in [-0.3, -0.25) is 0 Å². The van der Waals surface area contributed by atoms with E-state index < -0.39 is 5.54 Å². The van der Waals surface area contributed by atoms with E-state index in [-0.39, 0.29) is 0 Å². The second kappa shape index (κ2) is 3.05. The van der Waals surface area contributed by atoms with Crippen molar-refractivity contribution in [2.24, 2.45) is 5.73 Å². The normalized spacial score (nSPS) is 26.2. The number of hydrogen-bond donors (Lipinski definition) is 1. The maximum atomic E-state index is 6.16. The lowest BCUT2D eigenvalue weighted by atomic mass is 10.0. The third kappa shape index (κ3) is 1.33. The SMILES string of the molecule is NC1(c2nc3ccccc3o2)CCOC1. The molecule has 0 radical (unpaired) electrons. The van der Waals surface area contributed by atoms with Gasteiger partial charge in [0, 0.05) is 6.61 Å². The Bertz CT molecular complexity index is 453. The van der Waals surface area contributed by atoms with E-state index in [1.165, 1.54) is 0 Å². The van der Waals surface area contributed by atoms with Gasteiger partial charge in [-0.1, -0.05) is 12.1 Å². The summed E-state index contributed by atoms with van der Waals surface area (Å²) in [6, 6.07) is 7.67. The third-order valence-corrected chi connectivity index (χ3v) is 2.77. The van der Waals surface area contributed by atoms with Gasteiger partial charge in [0.1, 0.15) is 11.1 Å². The number of aromatic nitrogens is 1. The van der Waals surface area contributed by atoms with Gasteiger partial charge in [0.15, 0.2) is 5.58 Å². The minimum Gasteiger partial charge on any atom is -0.439 e. The number of benzene rings is 1. The number of oxazole rings is 1. The number of nitrogens with zero attached hydrogens (tertiary/aromatic N) is 1. The van der Waals surface area contributed by atoms with Gasteiger partial charge in [-0.2, -0.15) is 0 Å². The van der Waals surface area contributed by atoms with E-state index in [2.05, 4.69) is 4.98 Å². The third-order valence-electron chi connectivity index (χ3n) is 2.77. The molecule has 1 saturated heterocycles. The lowest BCUT2D eigenvalue weighted by Crippen LogP contribution is -2.37. The summed E-state index contributed by atoms with van der Waals surface area (Å²) < 4.78 is 10.9. The second-order valence-electron chi connectivity index (χ2n) is 3.95. The minimum atomic E-state index is -0.543. The zero-order chi connectivity index (χ0) is 10.3. The lowest BCUT2D eigenvalue weighted by molar-refractivity contribution is 0.170. The highest BCUT2D eigenvalue weighted by atomic mass is 16.5. The Kier molecular flexibility index (Phi) is 1.81. The fraction of sp³-hybridized carbons (Fsp3) is 0.364. The molecule has 0 spiro atoms. The van der Waals surface area contributed by atoms with E-state index in [9.17, 15) is 0 Å². The van der Waals surface area contributed by atoms with Crippen molar-refractivity contribution in [2.45, 2.75) is 12.0 Å². The van der Waals surface area contributed by atoms with Crippen LogP contribution >= 0.6 is 0 Å². The van der Waals surface area contributed by atoms with Crippen LogP contribution < -0.4 is 5.73 Å². The number of ether oxygens (including phenoxy) is 1. The number of nitrogens with two attached hydrogens (primary N) is 1.